The molecule has 0 fully saturated rings. The highest BCUT2D eigenvalue weighted by Gasteiger charge is 2.25. The van der Waals surface area contributed by atoms with Gasteiger partial charge in [0.1, 0.15) is 5.56 Å². The Bertz CT molecular complexity index is 881. The number of carbonyl (C=O) groups is 1. The van der Waals surface area contributed by atoms with Gasteiger partial charge in [-0.05, 0) is 38.6 Å². The molecule has 0 unspecified atom stereocenters. The van der Waals surface area contributed by atoms with Crippen LogP contribution in [0.3, 0.4) is 0 Å². The first-order valence-corrected chi connectivity index (χ1v) is 9.84. The molecule has 0 aliphatic rings. The molecule has 0 bridgehead atoms. The Morgan fingerprint density at radius 3 is 2.33 bits per heavy atom. The van der Waals surface area contributed by atoms with Crippen LogP contribution in [0, 0.1) is 10.1 Å². The van der Waals surface area contributed by atoms with Crippen molar-refractivity contribution in [3.05, 3.63) is 63.2 Å². The summed E-state index contributed by atoms with van der Waals surface area (Å²) in [7, 11) is 5.24. The lowest BCUT2D eigenvalue weighted by atomic mass is 10.0. The summed E-state index contributed by atoms with van der Waals surface area (Å²) in [6.07, 6.45) is 0.951. The Labute approximate surface area is 176 Å². The first-order valence-electron chi connectivity index (χ1n) is 9.84. The average molecular weight is 415 g/mol. The summed E-state index contributed by atoms with van der Waals surface area (Å²) in [6.45, 7) is 4.51. The molecule has 1 atom stereocenters. The van der Waals surface area contributed by atoms with Crippen molar-refractivity contribution in [1.82, 2.24) is 10.2 Å². The number of ether oxygens (including phenoxy) is 2. The third kappa shape index (κ3) is 5.48. The summed E-state index contributed by atoms with van der Waals surface area (Å²) in [6, 6.07) is 10.7. The third-order valence-electron chi connectivity index (χ3n) is 4.88. The minimum atomic E-state index is -0.597. The highest BCUT2D eigenvalue weighted by molar-refractivity contribution is 5.99. The van der Waals surface area contributed by atoms with E-state index in [1.807, 2.05) is 31.1 Å². The Kier molecular flexibility index (Phi) is 8.17. The summed E-state index contributed by atoms with van der Waals surface area (Å²) >= 11 is 0. The number of nitrogens with zero attached hydrogens (tertiary/aromatic N) is 2. The van der Waals surface area contributed by atoms with Gasteiger partial charge in [-0.3, -0.25) is 14.9 Å². The van der Waals surface area contributed by atoms with Crippen LogP contribution < -0.4 is 14.8 Å². The van der Waals surface area contributed by atoms with E-state index in [4.69, 9.17) is 9.47 Å². The second kappa shape index (κ2) is 10.6. The molecule has 2 rings (SSSR count). The molecule has 8 nitrogen and oxygen atoms in total. The lowest BCUT2D eigenvalue weighted by molar-refractivity contribution is -0.385. The van der Waals surface area contributed by atoms with Crippen LogP contribution in [0.5, 0.6) is 11.5 Å². The minimum absolute atomic E-state index is 0.0666. The molecule has 0 aliphatic carbocycles. The van der Waals surface area contributed by atoms with Crippen LogP contribution in [0.2, 0.25) is 0 Å². The normalized spacial score (nSPS) is 11.8. The van der Waals surface area contributed by atoms with Gasteiger partial charge in [0.15, 0.2) is 11.5 Å². The quantitative estimate of drug-likeness (QED) is 0.471. The van der Waals surface area contributed by atoms with Crippen LogP contribution in [0.1, 0.15) is 41.4 Å². The summed E-state index contributed by atoms with van der Waals surface area (Å²) in [5.74, 6) is -0.0420. The Morgan fingerprint density at radius 1 is 1.17 bits per heavy atom. The third-order valence-corrected chi connectivity index (χ3v) is 4.88. The van der Waals surface area contributed by atoms with Gasteiger partial charge in [0.25, 0.3) is 11.6 Å². The fourth-order valence-corrected chi connectivity index (χ4v) is 3.17. The van der Waals surface area contributed by atoms with Crippen LogP contribution in [-0.2, 0) is 6.42 Å². The fourth-order valence-electron chi connectivity index (χ4n) is 3.17. The van der Waals surface area contributed by atoms with Crippen molar-refractivity contribution in [2.45, 2.75) is 26.3 Å². The maximum Gasteiger partial charge on any atom is 0.286 e. The lowest BCUT2D eigenvalue weighted by Gasteiger charge is -2.25. The maximum atomic E-state index is 12.9. The molecule has 2 aromatic rings. The van der Waals surface area contributed by atoms with Crippen LogP contribution in [0.25, 0.3) is 0 Å². The number of likely N-dealkylation sites (N-methyl/N-ethyl adjacent to an activating group) is 1. The first kappa shape index (κ1) is 23.2. The Hall–Kier alpha value is -3.13. The molecule has 1 amide bonds. The SMILES string of the molecule is CCOc1cc(C(=O)NC[C@@H](c2ccc(CC)cc2)N(C)C)c([N+](=O)[O-])cc1OC. The van der Waals surface area contributed by atoms with Crippen molar-refractivity contribution < 1.29 is 19.2 Å². The van der Waals surface area contributed by atoms with Gasteiger partial charge in [-0.2, -0.15) is 0 Å². The number of benzene rings is 2. The highest BCUT2D eigenvalue weighted by Crippen LogP contribution is 2.34. The number of nitro groups is 1. The Balaban J connectivity index is 2.28. The molecule has 1 N–H and O–H groups in total. The second-order valence-electron chi connectivity index (χ2n) is 6.99. The molecule has 8 heteroatoms. The molecule has 0 radical (unpaired) electrons. The van der Waals surface area contributed by atoms with Crippen molar-refractivity contribution in [2.24, 2.45) is 0 Å². The summed E-state index contributed by atoms with van der Waals surface area (Å²) in [5, 5.41) is 14.3. The van der Waals surface area contributed by atoms with Crippen molar-refractivity contribution in [3.63, 3.8) is 0 Å². The van der Waals surface area contributed by atoms with E-state index >= 15 is 0 Å². The maximum absolute atomic E-state index is 12.9. The number of carbonyl (C=O) groups excluding carboxylic acids is 1. The number of rotatable bonds is 10. The van der Waals surface area contributed by atoms with Gasteiger partial charge < -0.3 is 19.7 Å². The van der Waals surface area contributed by atoms with E-state index in [2.05, 4.69) is 24.4 Å². The molecule has 0 aliphatic heterocycles. The predicted octanol–water partition coefficient (Wildman–Crippen LogP) is 3.60. The average Bonchev–Trinajstić information content (AvgIpc) is 2.73. The zero-order valence-electron chi connectivity index (χ0n) is 18.1. The van der Waals surface area contributed by atoms with Gasteiger partial charge in [0.05, 0.1) is 30.7 Å². The van der Waals surface area contributed by atoms with E-state index in [1.54, 1.807) is 6.92 Å². The molecule has 30 heavy (non-hydrogen) atoms. The number of hydrogen-bond donors (Lipinski definition) is 1. The number of methoxy groups -OCH3 is 1. The monoisotopic (exact) mass is 415 g/mol. The molecule has 0 heterocycles. The number of nitrogens with one attached hydrogen (secondary N) is 1. The molecule has 162 valence electrons. The number of amides is 1. The molecule has 2 aromatic carbocycles. The number of aryl methyl sites for hydroxylation is 1. The molecule has 0 saturated heterocycles. The van der Waals surface area contributed by atoms with Gasteiger partial charge in [0, 0.05) is 12.6 Å². The predicted molar refractivity (Wildman–Crippen MR) is 115 cm³/mol. The van der Waals surface area contributed by atoms with Crippen molar-refractivity contribution in [2.75, 3.05) is 34.4 Å². The minimum Gasteiger partial charge on any atom is -0.493 e. The van der Waals surface area contributed by atoms with E-state index in [1.165, 1.54) is 24.8 Å². The van der Waals surface area contributed by atoms with Crippen LogP contribution in [-0.4, -0.2) is 50.1 Å². The van der Waals surface area contributed by atoms with Crippen LogP contribution in [0.4, 0.5) is 5.69 Å². The molecule has 0 spiro atoms. The van der Waals surface area contributed by atoms with Crippen molar-refractivity contribution in [3.8, 4) is 11.5 Å². The van der Waals surface area contributed by atoms with Crippen molar-refractivity contribution >= 4 is 11.6 Å². The van der Waals surface area contributed by atoms with Gasteiger partial charge in [-0.25, -0.2) is 0 Å². The highest BCUT2D eigenvalue weighted by atomic mass is 16.6. The smallest absolute Gasteiger partial charge is 0.286 e. The van der Waals surface area contributed by atoms with Gasteiger partial charge in [-0.15, -0.1) is 0 Å². The zero-order valence-corrected chi connectivity index (χ0v) is 18.1. The Morgan fingerprint density at radius 2 is 1.83 bits per heavy atom. The van der Waals surface area contributed by atoms with Gasteiger partial charge in [-0.1, -0.05) is 31.2 Å². The van der Waals surface area contributed by atoms with E-state index in [-0.39, 0.29) is 28.8 Å². The zero-order chi connectivity index (χ0) is 22.3. The van der Waals surface area contributed by atoms with E-state index < -0.39 is 10.8 Å². The molecular formula is C22H29N3O5. The fraction of sp³-hybridized carbons (Fsp3) is 0.409. The van der Waals surface area contributed by atoms with Gasteiger partial charge >= 0.3 is 0 Å². The van der Waals surface area contributed by atoms with E-state index in [0.717, 1.165) is 12.0 Å². The van der Waals surface area contributed by atoms with Crippen LogP contribution in [0.15, 0.2) is 36.4 Å². The topological polar surface area (TPSA) is 93.9 Å². The largest absolute Gasteiger partial charge is 0.493 e. The second-order valence-corrected chi connectivity index (χ2v) is 6.99. The van der Waals surface area contributed by atoms with E-state index in [9.17, 15) is 14.9 Å². The number of nitro benzene ring substituents is 1. The lowest BCUT2D eigenvalue weighted by Crippen LogP contribution is -2.34. The summed E-state index contributed by atoms with van der Waals surface area (Å²) in [4.78, 5) is 25.8. The summed E-state index contributed by atoms with van der Waals surface area (Å²) in [5.41, 5.74) is 1.89. The first-order chi connectivity index (χ1) is 14.3. The molecule has 0 aromatic heterocycles. The van der Waals surface area contributed by atoms with E-state index in [0.29, 0.717) is 13.2 Å². The number of hydrogen-bond acceptors (Lipinski definition) is 6. The molecule has 0 saturated carbocycles. The summed E-state index contributed by atoms with van der Waals surface area (Å²) < 4.78 is 10.6. The van der Waals surface area contributed by atoms with Crippen LogP contribution >= 0.6 is 0 Å². The van der Waals surface area contributed by atoms with Crippen molar-refractivity contribution in [1.29, 1.82) is 0 Å². The standard InChI is InChI=1S/C22H29N3O5/c1-6-15-8-10-16(11-9-15)19(24(3)4)14-23-22(26)17-12-21(30-7-2)20(29-5)13-18(17)25(27)28/h8-13,19H,6-7,14H2,1-5H3,(H,23,26)/t19-/m0/s1. The molecular weight excluding hydrogens is 386 g/mol. The van der Waals surface area contributed by atoms with Gasteiger partial charge in [0.2, 0.25) is 0 Å².